The van der Waals surface area contributed by atoms with Gasteiger partial charge in [0.25, 0.3) is 5.56 Å². The van der Waals surface area contributed by atoms with Crippen molar-refractivity contribution in [1.29, 1.82) is 0 Å². The van der Waals surface area contributed by atoms with Gasteiger partial charge in [-0.1, -0.05) is 30.2 Å². The Morgan fingerprint density at radius 3 is 2.64 bits per heavy atom. The van der Waals surface area contributed by atoms with Gasteiger partial charge < -0.3 is 15.4 Å². The lowest BCUT2D eigenvalue weighted by Gasteiger charge is -2.31. The molecule has 0 radical (unpaired) electrons. The molecule has 0 amide bonds. The number of ether oxygens (including phenoxy) is 1. The summed E-state index contributed by atoms with van der Waals surface area (Å²) in [7, 11) is 1.64. The fourth-order valence-electron chi connectivity index (χ4n) is 5.26. The van der Waals surface area contributed by atoms with Crippen LogP contribution in [0.4, 0.5) is 11.6 Å². The van der Waals surface area contributed by atoms with Crippen LogP contribution in [0.1, 0.15) is 25.3 Å². The second kappa shape index (κ2) is 9.93. The van der Waals surface area contributed by atoms with Crippen LogP contribution in [0.2, 0.25) is 0 Å². The molecule has 0 aliphatic carbocycles. The van der Waals surface area contributed by atoms with Crippen LogP contribution in [0.25, 0.3) is 11.2 Å². The topological polar surface area (TPSA) is 113 Å². The zero-order valence-electron chi connectivity index (χ0n) is 21.9. The number of imidazole rings is 1. The van der Waals surface area contributed by atoms with Gasteiger partial charge in [0, 0.05) is 31.7 Å². The van der Waals surface area contributed by atoms with Crippen molar-refractivity contribution in [2.45, 2.75) is 38.9 Å². The summed E-state index contributed by atoms with van der Waals surface area (Å²) >= 11 is 0. The summed E-state index contributed by atoms with van der Waals surface area (Å²) in [6.45, 7) is 3.38. The maximum absolute atomic E-state index is 14.1. The molecule has 2 aromatic heterocycles. The number of aliphatic imine (C=N–C) groups is 1. The summed E-state index contributed by atoms with van der Waals surface area (Å²) in [6, 6.07) is 15.0. The molecule has 0 unspecified atom stereocenters. The molecule has 0 spiro atoms. The number of hydrogen-bond acceptors (Lipinski definition) is 7. The zero-order chi connectivity index (χ0) is 27.1. The highest BCUT2D eigenvalue weighted by atomic mass is 16.5. The van der Waals surface area contributed by atoms with E-state index in [-0.39, 0.29) is 19.1 Å². The minimum absolute atomic E-state index is 0.0168. The number of para-hydroxylation sites is 3. The van der Waals surface area contributed by atoms with Gasteiger partial charge in [0.15, 0.2) is 16.9 Å². The SMILES string of the molecule is CC#CCn1c(N2CCC[C@@H](N)C2)nc2c1c(=O)n(CC1=Nc3ccccc3Oc3ccccc31)c(=O)n2C. The fourth-order valence-corrected chi connectivity index (χ4v) is 5.26. The Morgan fingerprint density at radius 2 is 1.85 bits per heavy atom. The second-order valence-corrected chi connectivity index (χ2v) is 9.80. The van der Waals surface area contributed by atoms with E-state index in [0.29, 0.717) is 46.6 Å². The van der Waals surface area contributed by atoms with Crippen LogP contribution in [0.5, 0.6) is 11.5 Å². The molecule has 0 bridgehead atoms. The lowest BCUT2D eigenvalue weighted by Crippen LogP contribution is -2.44. The van der Waals surface area contributed by atoms with Crippen LogP contribution < -0.4 is 26.6 Å². The van der Waals surface area contributed by atoms with Crippen molar-refractivity contribution in [1.82, 2.24) is 18.7 Å². The van der Waals surface area contributed by atoms with Crippen LogP contribution >= 0.6 is 0 Å². The molecule has 1 saturated heterocycles. The molecule has 10 nitrogen and oxygen atoms in total. The summed E-state index contributed by atoms with van der Waals surface area (Å²) in [4.78, 5) is 39.4. The van der Waals surface area contributed by atoms with Gasteiger partial charge in [0.05, 0.1) is 18.8 Å². The van der Waals surface area contributed by atoms with Gasteiger partial charge in [0.1, 0.15) is 11.4 Å². The molecule has 10 heteroatoms. The van der Waals surface area contributed by atoms with Crippen LogP contribution in [0, 0.1) is 11.8 Å². The van der Waals surface area contributed by atoms with Gasteiger partial charge in [0.2, 0.25) is 5.95 Å². The van der Waals surface area contributed by atoms with Crippen molar-refractivity contribution < 1.29 is 4.74 Å². The molecule has 6 rings (SSSR count). The lowest BCUT2D eigenvalue weighted by molar-refractivity contribution is 0.484. The van der Waals surface area contributed by atoms with Crippen LogP contribution in [0.15, 0.2) is 63.1 Å². The molecule has 4 aromatic rings. The van der Waals surface area contributed by atoms with Crippen LogP contribution in [-0.2, 0) is 20.1 Å². The third-order valence-corrected chi connectivity index (χ3v) is 7.21. The Labute approximate surface area is 225 Å². The number of benzene rings is 2. The highest BCUT2D eigenvalue weighted by Gasteiger charge is 2.27. The Hall–Kier alpha value is -4.62. The van der Waals surface area contributed by atoms with E-state index >= 15 is 0 Å². The Morgan fingerprint density at radius 1 is 1.08 bits per heavy atom. The number of nitrogens with zero attached hydrogens (tertiary/aromatic N) is 6. The molecule has 1 fully saturated rings. The first kappa shape index (κ1) is 24.7. The van der Waals surface area contributed by atoms with Crippen molar-refractivity contribution in [3.63, 3.8) is 0 Å². The number of nitrogens with two attached hydrogens (primary N) is 1. The number of fused-ring (bicyclic) bond motifs is 3. The predicted octanol–water partition coefficient (Wildman–Crippen LogP) is 2.77. The summed E-state index contributed by atoms with van der Waals surface area (Å²) in [6.07, 6.45) is 1.86. The lowest BCUT2D eigenvalue weighted by atomic mass is 10.1. The first-order chi connectivity index (χ1) is 19.0. The third-order valence-electron chi connectivity index (χ3n) is 7.21. The molecule has 198 valence electrons. The molecule has 1 atom stereocenters. The fraction of sp³-hybridized carbons (Fsp3) is 0.310. The van der Waals surface area contributed by atoms with Crippen molar-refractivity contribution in [3.05, 3.63) is 74.9 Å². The standard InChI is InChI=1S/C29H29N7O3/c1-3-4-16-35-25-26(32-28(35)34-15-9-10-19(30)17-34)33(2)29(38)36(27(25)37)18-22-20-11-5-7-13-23(20)39-24-14-8-6-12-21(24)31-22/h5-8,11-14,19H,9-10,15-18,30H2,1-2H3/t19-/m1/s1. The van der Waals surface area contributed by atoms with Gasteiger partial charge in [-0.15, -0.1) is 5.92 Å². The van der Waals surface area contributed by atoms with Gasteiger partial charge in [-0.25, -0.2) is 9.79 Å². The predicted molar refractivity (Wildman–Crippen MR) is 151 cm³/mol. The summed E-state index contributed by atoms with van der Waals surface area (Å²) in [5.74, 6) is 7.80. The molecule has 4 heterocycles. The first-order valence-corrected chi connectivity index (χ1v) is 13.0. The van der Waals surface area contributed by atoms with E-state index in [0.717, 1.165) is 24.9 Å². The van der Waals surface area contributed by atoms with E-state index in [9.17, 15) is 9.59 Å². The largest absolute Gasteiger partial charge is 0.454 e. The molecule has 39 heavy (non-hydrogen) atoms. The Kier molecular flexibility index (Phi) is 6.29. The molecule has 2 N–H and O–H groups in total. The average molecular weight is 524 g/mol. The summed E-state index contributed by atoms with van der Waals surface area (Å²) in [5.41, 5.74) is 7.89. The van der Waals surface area contributed by atoms with Crippen LogP contribution in [0.3, 0.4) is 0 Å². The zero-order valence-corrected chi connectivity index (χ0v) is 21.9. The number of aromatic nitrogens is 4. The number of anilines is 1. The maximum Gasteiger partial charge on any atom is 0.332 e. The monoisotopic (exact) mass is 523 g/mol. The van der Waals surface area contributed by atoms with E-state index in [2.05, 4.69) is 16.7 Å². The van der Waals surface area contributed by atoms with Crippen molar-refractivity contribution in [2.24, 2.45) is 17.8 Å². The molecule has 2 aliphatic heterocycles. The van der Waals surface area contributed by atoms with E-state index in [1.54, 1.807) is 14.0 Å². The summed E-state index contributed by atoms with van der Waals surface area (Å²) in [5, 5.41) is 0. The number of hydrogen-bond donors (Lipinski definition) is 1. The quantitative estimate of drug-likeness (QED) is 0.412. The van der Waals surface area contributed by atoms with Crippen LogP contribution in [-0.4, -0.2) is 43.5 Å². The maximum atomic E-state index is 14.1. The Bertz CT molecular complexity index is 1800. The molecule has 2 aliphatic rings. The molecular weight excluding hydrogens is 494 g/mol. The smallest absolute Gasteiger partial charge is 0.332 e. The average Bonchev–Trinajstić information content (AvgIpc) is 3.25. The van der Waals surface area contributed by atoms with E-state index in [1.165, 1.54) is 9.13 Å². The third kappa shape index (κ3) is 4.30. The minimum atomic E-state index is -0.473. The van der Waals surface area contributed by atoms with Gasteiger partial charge in [-0.05, 0) is 44.0 Å². The van der Waals surface area contributed by atoms with Crippen molar-refractivity contribution >= 4 is 28.5 Å². The molecule has 0 saturated carbocycles. The first-order valence-electron chi connectivity index (χ1n) is 13.0. The number of aryl methyl sites for hydroxylation is 1. The van der Waals surface area contributed by atoms with E-state index in [4.69, 9.17) is 20.4 Å². The Balaban J connectivity index is 1.54. The highest BCUT2D eigenvalue weighted by Crippen LogP contribution is 2.37. The van der Waals surface area contributed by atoms with Gasteiger partial charge in [-0.2, -0.15) is 4.98 Å². The van der Waals surface area contributed by atoms with E-state index < -0.39 is 11.2 Å². The van der Waals surface area contributed by atoms with Gasteiger partial charge in [-0.3, -0.25) is 18.5 Å². The normalized spacial score (nSPS) is 16.4. The van der Waals surface area contributed by atoms with E-state index in [1.807, 2.05) is 53.1 Å². The second-order valence-electron chi connectivity index (χ2n) is 9.80. The molecular formula is C29H29N7O3. The number of rotatable bonds is 4. The van der Waals surface area contributed by atoms with Crippen molar-refractivity contribution in [3.8, 4) is 23.3 Å². The number of piperidine rings is 1. The highest BCUT2D eigenvalue weighted by molar-refractivity contribution is 6.05. The van der Waals surface area contributed by atoms with Gasteiger partial charge >= 0.3 is 5.69 Å². The minimum Gasteiger partial charge on any atom is -0.454 e. The van der Waals surface area contributed by atoms with Crippen molar-refractivity contribution in [2.75, 3.05) is 18.0 Å². The summed E-state index contributed by atoms with van der Waals surface area (Å²) < 4.78 is 10.6. The molecule has 2 aromatic carbocycles.